The van der Waals surface area contributed by atoms with Crippen LogP contribution in [0.15, 0.2) is 48.5 Å². The van der Waals surface area contributed by atoms with Crippen molar-refractivity contribution in [1.82, 2.24) is 0 Å². The van der Waals surface area contributed by atoms with E-state index in [2.05, 4.69) is 0 Å². The van der Waals surface area contributed by atoms with Crippen LogP contribution in [0.1, 0.15) is 25.1 Å². The fraction of sp³-hybridized carbons (Fsp3) is 0.188. The van der Waals surface area contributed by atoms with Crippen molar-refractivity contribution < 1.29 is 12.3 Å². The molecule has 2 atom stereocenters. The highest BCUT2D eigenvalue weighted by molar-refractivity contribution is 6.33. The fourth-order valence-electron chi connectivity index (χ4n) is 1.64. The average molecular weight is 277 g/mol. The minimum Gasteiger partial charge on any atom is -0.497 e. The van der Waals surface area contributed by atoms with Crippen LogP contribution in [0.2, 0.25) is 5.02 Å². The van der Waals surface area contributed by atoms with Gasteiger partial charge in [0.05, 0.1) is 12.1 Å². The molecule has 0 fully saturated rings. The van der Waals surface area contributed by atoms with Gasteiger partial charge >= 0.3 is 0 Å². The quantitative estimate of drug-likeness (QED) is 0.767. The van der Waals surface area contributed by atoms with E-state index < -0.39 is 18.6 Å². The number of ether oxygens (including phenoxy) is 1. The Kier molecular flexibility index (Phi) is 3.72. The number of Topliss-reactive ketones (excluding diaryl/α,β-unsaturated/α-hetero) is 1. The summed E-state index contributed by atoms with van der Waals surface area (Å²) in [5.74, 6) is 0.223. The molecule has 0 N–H and O–H groups in total. The molecule has 2 nitrogen and oxygen atoms in total. The average Bonchev–Trinajstić information content (AvgIpc) is 2.53. The number of carbonyl (C=O) groups excluding carboxylic acids is 1. The van der Waals surface area contributed by atoms with Crippen LogP contribution in [-0.4, -0.2) is 12.9 Å². The molecule has 0 aliphatic rings. The third kappa shape index (κ3) is 3.58. The van der Waals surface area contributed by atoms with Gasteiger partial charge in [-0.1, -0.05) is 35.9 Å². The van der Waals surface area contributed by atoms with Gasteiger partial charge in [0.25, 0.3) is 0 Å². The van der Waals surface area contributed by atoms with Crippen LogP contribution in [-0.2, 0) is 6.40 Å². The fourth-order valence-corrected chi connectivity index (χ4v) is 1.87. The van der Waals surface area contributed by atoms with Gasteiger partial charge in [-0.05, 0) is 36.2 Å². The number of hydrogen-bond acceptors (Lipinski definition) is 2. The summed E-state index contributed by atoms with van der Waals surface area (Å²) in [4.78, 5) is 12.3. The maximum absolute atomic E-state index is 12.3. The van der Waals surface area contributed by atoms with Gasteiger partial charge < -0.3 is 4.74 Å². The lowest BCUT2D eigenvalue weighted by molar-refractivity contribution is 0.0983. The number of ketones is 1. The molecule has 2 aromatic rings. The molecule has 19 heavy (non-hydrogen) atoms. The molecule has 0 aromatic heterocycles. The number of rotatable bonds is 5. The van der Waals surface area contributed by atoms with E-state index in [4.69, 9.17) is 19.1 Å². The zero-order valence-corrected chi connectivity index (χ0v) is 11.2. The molecular formula is C16H15ClO2. The second-order valence-electron chi connectivity index (χ2n) is 3.95. The van der Waals surface area contributed by atoms with Crippen LogP contribution in [0, 0.1) is 0 Å². The van der Waals surface area contributed by atoms with Crippen molar-refractivity contribution in [3.63, 3.8) is 0 Å². The molecule has 0 spiro atoms. The Morgan fingerprint density at radius 1 is 1.21 bits per heavy atom. The van der Waals surface area contributed by atoms with Crippen LogP contribution in [0.25, 0.3) is 0 Å². The van der Waals surface area contributed by atoms with Crippen molar-refractivity contribution in [3.8, 4) is 5.75 Å². The molecule has 2 rings (SSSR count). The second kappa shape index (κ2) is 6.39. The van der Waals surface area contributed by atoms with E-state index in [1.807, 2.05) is 0 Å². The molecule has 2 aromatic carbocycles. The van der Waals surface area contributed by atoms with Crippen molar-refractivity contribution in [3.05, 3.63) is 64.7 Å². The molecule has 0 amide bonds. The summed E-state index contributed by atoms with van der Waals surface area (Å²) in [7, 11) is 1.56. The minimum absolute atomic E-state index is 0.282. The van der Waals surface area contributed by atoms with Gasteiger partial charge in [-0.25, -0.2) is 0 Å². The molecule has 0 saturated heterocycles. The molecular weight excluding hydrogens is 260 g/mol. The number of aryl methyl sites for hydroxylation is 1. The van der Waals surface area contributed by atoms with Gasteiger partial charge in [-0.2, -0.15) is 0 Å². The smallest absolute Gasteiger partial charge is 0.164 e. The van der Waals surface area contributed by atoms with Gasteiger partial charge in [-0.3, -0.25) is 4.79 Å². The van der Waals surface area contributed by atoms with E-state index in [0.29, 0.717) is 16.3 Å². The molecule has 0 saturated carbocycles. The first-order chi connectivity index (χ1) is 10.0. The molecule has 0 radical (unpaired) electrons. The molecule has 0 heterocycles. The number of carbonyl (C=O) groups is 1. The maximum atomic E-state index is 12.3. The highest BCUT2D eigenvalue weighted by Crippen LogP contribution is 2.18. The Hall–Kier alpha value is -1.80. The van der Waals surface area contributed by atoms with E-state index in [1.54, 1.807) is 55.6 Å². The van der Waals surface area contributed by atoms with Crippen LogP contribution in [0.3, 0.4) is 0 Å². The molecule has 0 aliphatic carbocycles. The van der Waals surface area contributed by atoms with Crippen LogP contribution in [0.5, 0.6) is 5.75 Å². The Morgan fingerprint density at radius 2 is 1.89 bits per heavy atom. The Labute approximate surface area is 120 Å². The summed E-state index contributed by atoms with van der Waals surface area (Å²) >= 11 is 5.97. The van der Waals surface area contributed by atoms with Crippen LogP contribution >= 0.6 is 11.6 Å². The standard InChI is InChI=1S/C16H15ClO2/c1-19-13-9-6-12(7-10-13)8-11-16(18)14-4-2-3-5-15(14)17/h2-7,9-10H,8,11H2,1H3/i8D,11D. The molecule has 98 valence electrons. The van der Waals surface area contributed by atoms with E-state index in [9.17, 15) is 4.79 Å². The van der Waals surface area contributed by atoms with Gasteiger partial charge in [0.15, 0.2) is 5.78 Å². The Morgan fingerprint density at radius 3 is 2.53 bits per heavy atom. The van der Waals surface area contributed by atoms with Crippen molar-refractivity contribution in [2.45, 2.75) is 12.8 Å². The normalized spacial score (nSPS) is 15.1. The summed E-state index contributed by atoms with van der Waals surface area (Å²) in [6, 6.07) is 13.4. The number of hydrogen-bond donors (Lipinski definition) is 0. The van der Waals surface area contributed by atoms with E-state index in [0.717, 1.165) is 0 Å². The first kappa shape index (κ1) is 11.1. The molecule has 0 bridgehead atoms. The van der Waals surface area contributed by atoms with Crippen molar-refractivity contribution >= 4 is 17.4 Å². The summed E-state index contributed by atoms with van der Waals surface area (Å²) in [6.07, 6.45) is -2.20. The highest BCUT2D eigenvalue weighted by Gasteiger charge is 2.09. The van der Waals surface area contributed by atoms with Gasteiger partial charge in [0.2, 0.25) is 0 Å². The van der Waals surface area contributed by atoms with E-state index in [1.165, 1.54) is 0 Å². The lowest BCUT2D eigenvalue weighted by Crippen LogP contribution is -2.01. The maximum Gasteiger partial charge on any atom is 0.164 e. The zero-order valence-electron chi connectivity index (χ0n) is 12.5. The SMILES string of the molecule is [2H]C(C(=O)c1ccccc1Cl)C([2H])c1ccc(OC)cc1. The predicted molar refractivity (Wildman–Crippen MR) is 77.1 cm³/mol. The zero-order chi connectivity index (χ0) is 15.4. The number of benzene rings is 2. The first-order valence-corrected chi connectivity index (χ1v) is 6.19. The topological polar surface area (TPSA) is 26.3 Å². The largest absolute Gasteiger partial charge is 0.497 e. The third-order valence-electron chi connectivity index (χ3n) is 2.68. The summed E-state index contributed by atoms with van der Waals surface area (Å²) in [5.41, 5.74) is 0.876. The lowest BCUT2D eigenvalue weighted by Gasteiger charge is -2.05. The van der Waals surface area contributed by atoms with Crippen molar-refractivity contribution in [2.24, 2.45) is 0 Å². The first-order valence-electron chi connectivity index (χ1n) is 6.97. The predicted octanol–water partition coefficient (Wildman–Crippen LogP) is 4.16. The highest BCUT2D eigenvalue weighted by atomic mass is 35.5. The summed E-state index contributed by atoms with van der Waals surface area (Å²) in [5, 5.41) is 0.307. The summed E-state index contributed by atoms with van der Waals surface area (Å²) < 4.78 is 21.2. The molecule has 2 unspecified atom stereocenters. The van der Waals surface area contributed by atoms with Crippen LogP contribution < -0.4 is 4.74 Å². The van der Waals surface area contributed by atoms with E-state index >= 15 is 0 Å². The van der Waals surface area contributed by atoms with Crippen molar-refractivity contribution in [1.29, 1.82) is 0 Å². The minimum atomic E-state index is -1.22. The Bertz CT molecular complexity index is 628. The van der Waals surface area contributed by atoms with Crippen LogP contribution in [0.4, 0.5) is 0 Å². The second-order valence-corrected chi connectivity index (χ2v) is 4.36. The lowest BCUT2D eigenvalue weighted by atomic mass is 10.0. The van der Waals surface area contributed by atoms with Crippen molar-refractivity contribution in [2.75, 3.05) is 7.11 Å². The molecule has 3 heteroatoms. The number of methoxy groups -OCH3 is 1. The Balaban J connectivity index is 2.20. The summed E-state index contributed by atoms with van der Waals surface area (Å²) in [6.45, 7) is 0. The number of halogens is 1. The monoisotopic (exact) mass is 276 g/mol. The van der Waals surface area contributed by atoms with Gasteiger partial charge in [-0.15, -0.1) is 0 Å². The van der Waals surface area contributed by atoms with E-state index in [-0.39, 0.29) is 5.56 Å². The molecule has 0 aliphatic heterocycles. The third-order valence-corrected chi connectivity index (χ3v) is 3.01. The van der Waals surface area contributed by atoms with Gasteiger partial charge in [0.1, 0.15) is 5.75 Å². The van der Waals surface area contributed by atoms with Gasteiger partial charge in [0, 0.05) is 14.7 Å².